The van der Waals surface area contributed by atoms with Gasteiger partial charge in [-0.25, -0.2) is 0 Å². The summed E-state index contributed by atoms with van der Waals surface area (Å²) in [7, 11) is 1.70. The molecule has 2 rings (SSSR count). The van der Waals surface area contributed by atoms with Crippen LogP contribution in [-0.4, -0.2) is 25.9 Å². The van der Waals surface area contributed by atoms with Gasteiger partial charge in [0.1, 0.15) is 5.75 Å². The lowest BCUT2D eigenvalue weighted by Crippen LogP contribution is -2.23. The van der Waals surface area contributed by atoms with E-state index in [0.29, 0.717) is 6.10 Å². The molecular weight excluding hydrogens is 238 g/mol. The van der Waals surface area contributed by atoms with Crippen molar-refractivity contribution in [2.45, 2.75) is 50.7 Å². The average Bonchev–Trinajstić information content (AvgIpc) is 2.92. The van der Waals surface area contributed by atoms with Crippen molar-refractivity contribution >= 4 is 0 Å². The van der Waals surface area contributed by atoms with Crippen LogP contribution in [0.5, 0.6) is 5.75 Å². The molecule has 1 fully saturated rings. The Hall–Kier alpha value is -1.06. The summed E-state index contributed by atoms with van der Waals surface area (Å²) in [6, 6.07) is 8.40. The van der Waals surface area contributed by atoms with E-state index in [2.05, 4.69) is 12.1 Å². The van der Waals surface area contributed by atoms with Crippen molar-refractivity contribution < 1.29 is 9.47 Å². The Morgan fingerprint density at radius 1 is 1.47 bits per heavy atom. The van der Waals surface area contributed by atoms with Crippen molar-refractivity contribution in [3.05, 3.63) is 29.8 Å². The van der Waals surface area contributed by atoms with Gasteiger partial charge in [-0.1, -0.05) is 12.1 Å². The third-order valence-electron chi connectivity index (χ3n) is 3.76. The number of nitrogens with two attached hydrogens (primary N) is 1. The van der Waals surface area contributed by atoms with Crippen LogP contribution in [0.4, 0.5) is 0 Å². The van der Waals surface area contributed by atoms with Crippen LogP contribution < -0.4 is 10.5 Å². The molecule has 106 valence electrons. The van der Waals surface area contributed by atoms with E-state index in [4.69, 9.17) is 15.2 Å². The van der Waals surface area contributed by atoms with Crippen LogP contribution in [0.25, 0.3) is 0 Å². The highest BCUT2D eigenvalue weighted by molar-refractivity contribution is 5.28. The Bertz CT molecular complexity index is 375. The predicted molar refractivity (Wildman–Crippen MR) is 77.5 cm³/mol. The van der Waals surface area contributed by atoms with Gasteiger partial charge >= 0.3 is 0 Å². The topological polar surface area (TPSA) is 44.5 Å². The molecule has 1 aromatic carbocycles. The molecule has 0 spiro atoms. The minimum Gasteiger partial charge on any atom is -0.497 e. The number of benzene rings is 1. The molecular formula is C16H25NO2. The second-order valence-corrected chi connectivity index (χ2v) is 5.38. The lowest BCUT2D eigenvalue weighted by Gasteiger charge is -2.14. The van der Waals surface area contributed by atoms with Crippen molar-refractivity contribution in [2.75, 3.05) is 13.7 Å². The van der Waals surface area contributed by atoms with Crippen LogP contribution in [-0.2, 0) is 11.2 Å². The summed E-state index contributed by atoms with van der Waals surface area (Å²) in [5.41, 5.74) is 7.45. The largest absolute Gasteiger partial charge is 0.497 e. The van der Waals surface area contributed by atoms with E-state index in [9.17, 15) is 0 Å². The van der Waals surface area contributed by atoms with E-state index >= 15 is 0 Å². The van der Waals surface area contributed by atoms with Crippen molar-refractivity contribution in [2.24, 2.45) is 5.73 Å². The van der Waals surface area contributed by atoms with Gasteiger partial charge in [0.25, 0.3) is 0 Å². The summed E-state index contributed by atoms with van der Waals surface area (Å²) >= 11 is 0. The second kappa shape index (κ2) is 7.51. The number of hydrogen-bond donors (Lipinski definition) is 1. The first-order valence-corrected chi connectivity index (χ1v) is 7.28. The maximum atomic E-state index is 6.20. The fourth-order valence-electron chi connectivity index (χ4n) is 2.68. The molecule has 1 saturated heterocycles. The van der Waals surface area contributed by atoms with E-state index in [1.807, 2.05) is 12.1 Å². The molecule has 0 saturated carbocycles. The predicted octanol–water partition coefficient (Wildman–Crippen LogP) is 2.91. The SMILES string of the molecule is COc1cccc(CC(N)CCCC2CCCO2)c1. The molecule has 19 heavy (non-hydrogen) atoms. The third-order valence-corrected chi connectivity index (χ3v) is 3.76. The maximum absolute atomic E-state index is 6.20. The highest BCUT2D eigenvalue weighted by Crippen LogP contribution is 2.19. The Balaban J connectivity index is 1.69. The van der Waals surface area contributed by atoms with Crippen molar-refractivity contribution in [3.8, 4) is 5.75 Å². The van der Waals surface area contributed by atoms with Crippen LogP contribution in [0, 0.1) is 0 Å². The summed E-state index contributed by atoms with van der Waals surface area (Å²) in [6.07, 6.45) is 7.25. The molecule has 1 heterocycles. The van der Waals surface area contributed by atoms with E-state index in [1.165, 1.54) is 18.4 Å². The van der Waals surface area contributed by atoms with Gasteiger partial charge in [-0.3, -0.25) is 0 Å². The Morgan fingerprint density at radius 2 is 2.37 bits per heavy atom. The first kappa shape index (κ1) is 14.4. The molecule has 2 N–H and O–H groups in total. The summed E-state index contributed by atoms with van der Waals surface area (Å²) in [4.78, 5) is 0. The molecule has 1 aliphatic rings. The standard InChI is InChI=1S/C16H25NO2/c1-18-16-8-2-5-13(12-16)11-14(17)6-3-7-15-9-4-10-19-15/h2,5,8,12,14-15H,3-4,6-7,9-11,17H2,1H3. The zero-order valence-electron chi connectivity index (χ0n) is 11.8. The summed E-state index contributed by atoms with van der Waals surface area (Å²) in [5.74, 6) is 0.907. The normalized spacial score (nSPS) is 20.4. The lowest BCUT2D eigenvalue weighted by molar-refractivity contribution is 0.101. The number of methoxy groups -OCH3 is 1. The molecule has 3 nitrogen and oxygen atoms in total. The van der Waals surface area contributed by atoms with Crippen LogP contribution in [0.1, 0.15) is 37.7 Å². The van der Waals surface area contributed by atoms with Crippen LogP contribution >= 0.6 is 0 Å². The van der Waals surface area contributed by atoms with Gasteiger partial charge in [-0.05, 0) is 56.2 Å². The second-order valence-electron chi connectivity index (χ2n) is 5.38. The monoisotopic (exact) mass is 263 g/mol. The minimum absolute atomic E-state index is 0.230. The van der Waals surface area contributed by atoms with Crippen LogP contribution in [0.15, 0.2) is 24.3 Å². The summed E-state index contributed by atoms with van der Waals surface area (Å²) in [5, 5.41) is 0. The molecule has 0 bridgehead atoms. The molecule has 0 aliphatic carbocycles. The zero-order chi connectivity index (χ0) is 13.5. The number of ether oxygens (including phenoxy) is 2. The molecule has 0 radical (unpaired) electrons. The summed E-state index contributed by atoms with van der Waals surface area (Å²) < 4.78 is 10.9. The van der Waals surface area contributed by atoms with Gasteiger partial charge in [-0.2, -0.15) is 0 Å². The molecule has 0 aromatic heterocycles. The number of rotatable bonds is 7. The van der Waals surface area contributed by atoms with Crippen LogP contribution in [0.3, 0.4) is 0 Å². The van der Waals surface area contributed by atoms with Gasteiger partial charge in [0, 0.05) is 12.6 Å². The van der Waals surface area contributed by atoms with Gasteiger partial charge < -0.3 is 15.2 Å². The van der Waals surface area contributed by atoms with Crippen molar-refractivity contribution in [1.29, 1.82) is 0 Å². The molecule has 2 unspecified atom stereocenters. The first-order valence-electron chi connectivity index (χ1n) is 7.28. The quantitative estimate of drug-likeness (QED) is 0.822. The van der Waals surface area contributed by atoms with Crippen molar-refractivity contribution in [1.82, 2.24) is 0 Å². The van der Waals surface area contributed by atoms with E-state index in [0.717, 1.165) is 38.0 Å². The Kier molecular flexibility index (Phi) is 5.67. The van der Waals surface area contributed by atoms with Crippen LogP contribution in [0.2, 0.25) is 0 Å². The van der Waals surface area contributed by atoms with Gasteiger partial charge in [0.15, 0.2) is 0 Å². The fourth-order valence-corrected chi connectivity index (χ4v) is 2.68. The molecule has 3 heteroatoms. The van der Waals surface area contributed by atoms with Crippen molar-refractivity contribution in [3.63, 3.8) is 0 Å². The minimum atomic E-state index is 0.230. The van der Waals surface area contributed by atoms with E-state index < -0.39 is 0 Å². The van der Waals surface area contributed by atoms with Gasteiger partial charge in [-0.15, -0.1) is 0 Å². The van der Waals surface area contributed by atoms with Gasteiger partial charge in [0.05, 0.1) is 13.2 Å². The summed E-state index contributed by atoms with van der Waals surface area (Å²) in [6.45, 7) is 0.945. The highest BCUT2D eigenvalue weighted by atomic mass is 16.5. The zero-order valence-corrected chi connectivity index (χ0v) is 11.8. The lowest BCUT2D eigenvalue weighted by atomic mass is 10.00. The smallest absolute Gasteiger partial charge is 0.119 e. The molecule has 1 aromatic rings. The van der Waals surface area contributed by atoms with E-state index in [-0.39, 0.29) is 6.04 Å². The maximum Gasteiger partial charge on any atom is 0.119 e. The molecule has 1 aliphatic heterocycles. The first-order chi connectivity index (χ1) is 9.28. The Morgan fingerprint density at radius 3 is 3.11 bits per heavy atom. The fraction of sp³-hybridized carbons (Fsp3) is 0.625. The average molecular weight is 263 g/mol. The molecule has 0 amide bonds. The van der Waals surface area contributed by atoms with E-state index in [1.54, 1.807) is 7.11 Å². The highest BCUT2D eigenvalue weighted by Gasteiger charge is 2.15. The Labute approximate surface area is 116 Å². The van der Waals surface area contributed by atoms with Gasteiger partial charge in [0.2, 0.25) is 0 Å². The number of hydrogen-bond acceptors (Lipinski definition) is 3. The molecule has 2 atom stereocenters. The third kappa shape index (κ3) is 4.84.